The lowest BCUT2D eigenvalue weighted by Gasteiger charge is -2.28. The number of nitrogens with one attached hydrogen (secondary N) is 1. The van der Waals surface area contributed by atoms with Crippen molar-refractivity contribution in [2.75, 3.05) is 39.3 Å². The van der Waals surface area contributed by atoms with Gasteiger partial charge in [0.25, 0.3) is 0 Å². The lowest BCUT2D eigenvalue weighted by molar-refractivity contribution is 0.251. The number of hydrogen-bond donors (Lipinski definition) is 1. The Balaban J connectivity index is 1.48. The number of rotatable bonds is 6. The molecule has 6 nitrogen and oxygen atoms in total. The van der Waals surface area contributed by atoms with E-state index in [0.717, 1.165) is 38.6 Å². The second kappa shape index (κ2) is 9.44. The lowest BCUT2D eigenvalue weighted by atomic mass is 10.0. The van der Waals surface area contributed by atoms with Crippen molar-refractivity contribution >= 4 is 5.96 Å². The Bertz CT molecular complexity index is 793. The van der Waals surface area contributed by atoms with Gasteiger partial charge in [-0.3, -0.25) is 14.6 Å². The highest BCUT2D eigenvalue weighted by Gasteiger charge is 2.28. The lowest BCUT2D eigenvalue weighted by Crippen LogP contribution is -2.40. The van der Waals surface area contributed by atoms with Gasteiger partial charge in [-0.05, 0) is 50.4 Å². The number of hydrogen-bond acceptors (Lipinski definition) is 3. The molecule has 3 heterocycles. The Hall–Kier alpha value is -2.34. The average Bonchev–Trinajstić information content (AvgIpc) is 3.50. The molecule has 2 aromatic rings. The summed E-state index contributed by atoms with van der Waals surface area (Å²) in [5.41, 5.74) is 2.72. The predicted molar refractivity (Wildman–Crippen MR) is 118 cm³/mol. The van der Waals surface area contributed by atoms with Gasteiger partial charge in [0.2, 0.25) is 0 Å². The van der Waals surface area contributed by atoms with Crippen LogP contribution in [0.4, 0.5) is 0 Å². The van der Waals surface area contributed by atoms with E-state index in [2.05, 4.69) is 63.7 Å². The first kappa shape index (κ1) is 20.0. The average molecular weight is 395 g/mol. The van der Waals surface area contributed by atoms with Crippen molar-refractivity contribution in [3.8, 4) is 0 Å². The zero-order valence-corrected chi connectivity index (χ0v) is 17.8. The Kier molecular flexibility index (Phi) is 6.49. The van der Waals surface area contributed by atoms with E-state index in [1.54, 1.807) is 0 Å². The van der Waals surface area contributed by atoms with Gasteiger partial charge in [0.05, 0.1) is 18.8 Å². The molecule has 2 atom stereocenters. The highest BCUT2D eigenvalue weighted by molar-refractivity contribution is 5.80. The monoisotopic (exact) mass is 394 g/mol. The van der Waals surface area contributed by atoms with Gasteiger partial charge in [0, 0.05) is 38.8 Å². The van der Waals surface area contributed by atoms with E-state index in [0.29, 0.717) is 12.0 Å². The van der Waals surface area contributed by atoms with Crippen molar-refractivity contribution in [1.29, 1.82) is 0 Å². The number of likely N-dealkylation sites (tertiary alicyclic amines) is 2. The third-order valence-corrected chi connectivity index (χ3v) is 6.20. The zero-order chi connectivity index (χ0) is 20.1. The summed E-state index contributed by atoms with van der Waals surface area (Å²) in [7, 11) is 1.99. The Labute approximate surface area is 174 Å². The minimum absolute atomic E-state index is 0.365. The van der Waals surface area contributed by atoms with Crippen LogP contribution >= 0.6 is 0 Å². The normalized spacial score (nSPS) is 21.7. The van der Waals surface area contributed by atoms with Gasteiger partial charge < -0.3 is 10.2 Å². The first-order valence-electron chi connectivity index (χ1n) is 11.1. The number of aromatic nitrogens is 2. The van der Waals surface area contributed by atoms with E-state index in [9.17, 15) is 0 Å². The third kappa shape index (κ3) is 4.81. The topological polar surface area (TPSA) is 48.7 Å². The van der Waals surface area contributed by atoms with Gasteiger partial charge in [-0.1, -0.05) is 30.3 Å². The van der Waals surface area contributed by atoms with E-state index in [-0.39, 0.29) is 0 Å². The largest absolute Gasteiger partial charge is 0.357 e. The van der Waals surface area contributed by atoms with E-state index >= 15 is 0 Å². The van der Waals surface area contributed by atoms with Crippen molar-refractivity contribution in [3.05, 3.63) is 53.9 Å². The van der Waals surface area contributed by atoms with Crippen molar-refractivity contribution < 1.29 is 0 Å². The number of benzene rings is 1. The molecule has 1 N–H and O–H groups in total. The number of aryl methyl sites for hydroxylation is 1. The second-order valence-corrected chi connectivity index (χ2v) is 8.24. The molecule has 2 unspecified atom stereocenters. The highest BCUT2D eigenvalue weighted by Crippen LogP contribution is 2.28. The van der Waals surface area contributed by atoms with Gasteiger partial charge in [-0.25, -0.2) is 0 Å². The van der Waals surface area contributed by atoms with Gasteiger partial charge in [-0.2, -0.15) is 5.10 Å². The molecule has 4 rings (SSSR count). The molecule has 0 amide bonds. The molecule has 0 aliphatic carbocycles. The van der Waals surface area contributed by atoms with Crippen LogP contribution in [0.1, 0.15) is 49.3 Å². The summed E-state index contributed by atoms with van der Waals surface area (Å²) in [4.78, 5) is 10.1. The molecule has 2 saturated heterocycles. The number of aliphatic imine (C=N–C) groups is 1. The third-order valence-electron chi connectivity index (χ3n) is 6.20. The minimum atomic E-state index is 0.365. The number of guanidine groups is 1. The number of nitrogens with zero attached hydrogens (tertiary/aromatic N) is 5. The maximum atomic E-state index is 5.12. The Morgan fingerprint density at radius 1 is 1.21 bits per heavy atom. The maximum absolute atomic E-state index is 5.12. The van der Waals surface area contributed by atoms with E-state index in [1.165, 1.54) is 37.1 Å². The first-order chi connectivity index (χ1) is 14.2. The van der Waals surface area contributed by atoms with Crippen LogP contribution in [-0.4, -0.2) is 64.8 Å². The highest BCUT2D eigenvalue weighted by atomic mass is 15.3. The van der Waals surface area contributed by atoms with Crippen LogP contribution in [0.2, 0.25) is 0 Å². The van der Waals surface area contributed by atoms with Crippen LogP contribution in [0, 0.1) is 0 Å². The van der Waals surface area contributed by atoms with E-state index in [4.69, 9.17) is 4.99 Å². The SMILES string of the molecule is CCNC(=NCC(c1ccccc1)N1CCCC1)N1CCC(c2cnn(C)c2)C1. The fourth-order valence-electron chi connectivity index (χ4n) is 4.63. The van der Waals surface area contributed by atoms with Crippen LogP contribution in [0.15, 0.2) is 47.7 Å². The maximum Gasteiger partial charge on any atom is 0.194 e. The molecule has 6 heteroatoms. The van der Waals surface area contributed by atoms with Gasteiger partial charge in [-0.15, -0.1) is 0 Å². The summed E-state index contributed by atoms with van der Waals surface area (Å²) in [6.07, 6.45) is 7.91. The molecule has 0 bridgehead atoms. The molecule has 0 radical (unpaired) electrons. The molecule has 2 aliphatic rings. The molecule has 0 spiro atoms. The fourth-order valence-corrected chi connectivity index (χ4v) is 4.63. The van der Waals surface area contributed by atoms with Crippen LogP contribution in [0.25, 0.3) is 0 Å². The van der Waals surface area contributed by atoms with Crippen LogP contribution < -0.4 is 5.32 Å². The van der Waals surface area contributed by atoms with Crippen molar-refractivity contribution in [1.82, 2.24) is 24.9 Å². The van der Waals surface area contributed by atoms with E-state index < -0.39 is 0 Å². The molecule has 1 aromatic heterocycles. The van der Waals surface area contributed by atoms with Gasteiger partial charge in [0.15, 0.2) is 5.96 Å². The summed E-state index contributed by atoms with van der Waals surface area (Å²) in [6, 6.07) is 11.3. The predicted octanol–water partition coefficient (Wildman–Crippen LogP) is 3.01. The molecule has 2 aliphatic heterocycles. The van der Waals surface area contributed by atoms with Crippen LogP contribution in [-0.2, 0) is 7.05 Å². The molecule has 0 saturated carbocycles. The summed E-state index contributed by atoms with van der Waals surface area (Å²) in [5.74, 6) is 1.59. The summed E-state index contributed by atoms with van der Waals surface area (Å²) in [5, 5.41) is 7.89. The standard InChI is InChI=1S/C23H34N6/c1-3-24-23(29-14-11-20(18-29)21-15-26-27(2)17-21)25-16-22(28-12-7-8-13-28)19-9-5-4-6-10-19/h4-6,9-10,15,17,20,22H,3,7-8,11-14,16,18H2,1-2H3,(H,24,25). The zero-order valence-electron chi connectivity index (χ0n) is 17.8. The first-order valence-corrected chi connectivity index (χ1v) is 11.1. The van der Waals surface area contributed by atoms with E-state index in [1.807, 2.05) is 17.9 Å². The van der Waals surface area contributed by atoms with Crippen LogP contribution in [0.3, 0.4) is 0 Å². The quantitative estimate of drug-likeness (QED) is 0.604. The van der Waals surface area contributed by atoms with Crippen molar-refractivity contribution in [2.45, 2.75) is 38.1 Å². The van der Waals surface area contributed by atoms with Gasteiger partial charge >= 0.3 is 0 Å². The minimum Gasteiger partial charge on any atom is -0.357 e. The Morgan fingerprint density at radius 3 is 2.69 bits per heavy atom. The van der Waals surface area contributed by atoms with Gasteiger partial charge in [0.1, 0.15) is 0 Å². The van der Waals surface area contributed by atoms with Crippen molar-refractivity contribution in [3.63, 3.8) is 0 Å². The summed E-state index contributed by atoms with van der Waals surface area (Å²) in [6.45, 7) is 8.27. The smallest absolute Gasteiger partial charge is 0.194 e. The molecule has 29 heavy (non-hydrogen) atoms. The fraction of sp³-hybridized carbons (Fsp3) is 0.565. The summed E-state index contributed by atoms with van der Waals surface area (Å²) < 4.78 is 1.90. The molecular formula is C23H34N6. The Morgan fingerprint density at radius 2 is 2.00 bits per heavy atom. The molecule has 2 fully saturated rings. The van der Waals surface area contributed by atoms with Crippen molar-refractivity contribution in [2.24, 2.45) is 12.0 Å². The summed E-state index contributed by atoms with van der Waals surface area (Å²) >= 11 is 0. The molecular weight excluding hydrogens is 360 g/mol. The molecule has 1 aromatic carbocycles. The molecule has 156 valence electrons. The second-order valence-electron chi connectivity index (χ2n) is 8.24. The van der Waals surface area contributed by atoms with Crippen LogP contribution in [0.5, 0.6) is 0 Å².